The van der Waals surface area contributed by atoms with Crippen LogP contribution in [0.2, 0.25) is 0 Å². The molecule has 0 unspecified atom stereocenters. The molecule has 1 aliphatic carbocycles. The zero-order valence-corrected chi connectivity index (χ0v) is 14.9. The first-order valence-electron chi connectivity index (χ1n) is 8.98. The number of nitrogens with one attached hydrogen (secondary N) is 2. The van der Waals surface area contributed by atoms with Gasteiger partial charge in [0.2, 0.25) is 0 Å². The number of nitrogens with zero attached hydrogens (tertiary/aromatic N) is 1. The lowest BCUT2D eigenvalue weighted by atomic mass is 10.0. The smallest absolute Gasteiger partial charge is 0.321 e. The van der Waals surface area contributed by atoms with Gasteiger partial charge in [0.05, 0.1) is 11.6 Å². The molecule has 0 aromatic heterocycles. The van der Waals surface area contributed by atoms with E-state index in [-0.39, 0.29) is 12.6 Å². The molecule has 138 valence electrons. The molecule has 2 aromatic rings. The largest absolute Gasteiger partial charge is 0.484 e. The Balaban J connectivity index is 1.47. The van der Waals surface area contributed by atoms with Crippen molar-refractivity contribution in [2.75, 3.05) is 6.61 Å². The average Bonchev–Trinajstić information content (AvgIpc) is 3.19. The molecule has 2 N–H and O–H groups in total. The van der Waals surface area contributed by atoms with Crippen LogP contribution in [0.15, 0.2) is 48.5 Å². The van der Waals surface area contributed by atoms with Gasteiger partial charge in [0.1, 0.15) is 5.75 Å². The third kappa shape index (κ3) is 5.32. The summed E-state index contributed by atoms with van der Waals surface area (Å²) in [5, 5.41) is 13.9. The summed E-state index contributed by atoms with van der Waals surface area (Å²) in [7, 11) is 0. The van der Waals surface area contributed by atoms with Gasteiger partial charge in [-0.3, -0.25) is 10.1 Å². The molecule has 2 aromatic carbocycles. The van der Waals surface area contributed by atoms with Crippen LogP contribution in [-0.2, 0) is 4.79 Å². The van der Waals surface area contributed by atoms with Crippen molar-refractivity contribution in [3.05, 3.63) is 54.1 Å². The van der Waals surface area contributed by atoms with Crippen molar-refractivity contribution in [3.8, 4) is 22.9 Å². The maximum absolute atomic E-state index is 11.8. The third-order valence-electron chi connectivity index (χ3n) is 4.51. The maximum Gasteiger partial charge on any atom is 0.321 e. The fourth-order valence-corrected chi connectivity index (χ4v) is 3.08. The standard InChI is InChI=1S/C21H21N3O3/c22-13-15-5-7-16(8-6-15)17-9-11-19(12-10-17)27-14-20(25)24-21(26)23-18-3-1-2-4-18/h5-12,18H,1-4,14H2,(H2,23,24,25,26). The lowest BCUT2D eigenvalue weighted by molar-refractivity contribution is -0.122. The lowest BCUT2D eigenvalue weighted by Gasteiger charge is -2.12. The number of carbonyl (C=O) groups excluding carboxylic acids is 2. The molecular formula is C21H21N3O3. The second kappa shape index (κ2) is 8.86. The van der Waals surface area contributed by atoms with Crippen molar-refractivity contribution in [1.29, 1.82) is 5.26 Å². The summed E-state index contributed by atoms with van der Waals surface area (Å²) in [4.78, 5) is 23.6. The normalized spacial score (nSPS) is 13.6. The minimum atomic E-state index is -0.485. The van der Waals surface area contributed by atoms with Crippen molar-refractivity contribution >= 4 is 11.9 Å². The molecule has 6 heteroatoms. The molecule has 3 amide bonds. The summed E-state index contributed by atoms with van der Waals surface area (Å²) in [6, 6.07) is 16.4. The van der Waals surface area contributed by atoms with Crippen LogP contribution in [0.5, 0.6) is 5.75 Å². The summed E-state index contributed by atoms with van der Waals surface area (Å²) >= 11 is 0. The molecule has 1 saturated carbocycles. The Hall–Kier alpha value is -3.33. The maximum atomic E-state index is 11.8. The Morgan fingerprint density at radius 1 is 1.00 bits per heavy atom. The summed E-state index contributed by atoms with van der Waals surface area (Å²) < 4.78 is 5.43. The van der Waals surface area contributed by atoms with Crippen LogP contribution >= 0.6 is 0 Å². The highest BCUT2D eigenvalue weighted by Crippen LogP contribution is 2.22. The molecule has 0 spiro atoms. The predicted molar refractivity (Wildman–Crippen MR) is 101 cm³/mol. The first-order valence-corrected chi connectivity index (χ1v) is 8.98. The monoisotopic (exact) mass is 363 g/mol. The molecular weight excluding hydrogens is 342 g/mol. The summed E-state index contributed by atoms with van der Waals surface area (Å²) in [5.74, 6) is 0.0559. The Bertz CT molecular complexity index is 832. The van der Waals surface area contributed by atoms with E-state index in [0.29, 0.717) is 11.3 Å². The number of nitriles is 1. The third-order valence-corrected chi connectivity index (χ3v) is 4.51. The molecule has 6 nitrogen and oxygen atoms in total. The Kier molecular flexibility index (Phi) is 6.06. The highest BCUT2D eigenvalue weighted by Gasteiger charge is 2.18. The Morgan fingerprint density at radius 3 is 2.19 bits per heavy atom. The number of imide groups is 1. The van der Waals surface area contributed by atoms with Gasteiger partial charge in [-0.25, -0.2) is 4.79 Å². The van der Waals surface area contributed by atoms with Crippen LogP contribution in [0.4, 0.5) is 4.79 Å². The molecule has 1 fully saturated rings. The fraction of sp³-hybridized carbons (Fsp3) is 0.286. The number of hydrogen-bond acceptors (Lipinski definition) is 4. The van der Waals surface area contributed by atoms with Crippen molar-refractivity contribution in [2.45, 2.75) is 31.7 Å². The van der Waals surface area contributed by atoms with Gasteiger partial charge in [0.25, 0.3) is 5.91 Å². The van der Waals surface area contributed by atoms with E-state index < -0.39 is 11.9 Å². The molecule has 27 heavy (non-hydrogen) atoms. The lowest BCUT2D eigenvalue weighted by Crippen LogP contribution is -2.45. The quantitative estimate of drug-likeness (QED) is 0.852. The topological polar surface area (TPSA) is 91.2 Å². The highest BCUT2D eigenvalue weighted by atomic mass is 16.5. The summed E-state index contributed by atoms with van der Waals surface area (Å²) in [6.45, 7) is -0.228. The van der Waals surface area contributed by atoms with Gasteiger partial charge in [0, 0.05) is 6.04 Å². The van der Waals surface area contributed by atoms with Crippen LogP contribution in [0.3, 0.4) is 0 Å². The molecule has 1 aliphatic rings. The van der Waals surface area contributed by atoms with Gasteiger partial charge in [-0.1, -0.05) is 37.1 Å². The van der Waals surface area contributed by atoms with E-state index in [0.717, 1.165) is 36.8 Å². The van der Waals surface area contributed by atoms with Crippen LogP contribution in [0.25, 0.3) is 11.1 Å². The number of ether oxygens (including phenoxy) is 1. The van der Waals surface area contributed by atoms with Crippen molar-refractivity contribution in [2.24, 2.45) is 0 Å². The van der Waals surface area contributed by atoms with Crippen LogP contribution < -0.4 is 15.4 Å². The van der Waals surface area contributed by atoms with Crippen LogP contribution in [-0.4, -0.2) is 24.6 Å². The molecule has 0 atom stereocenters. The molecule has 0 bridgehead atoms. The van der Waals surface area contributed by atoms with Crippen molar-refractivity contribution in [1.82, 2.24) is 10.6 Å². The van der Waals surface area contributed by atoms with E-state index >= 15 is 0 Å². The van der Waals surface area contributed by atoms with E-state index in [1.807, 2.05) is 24.3 Å². The minimum Gasteiger partial charge on any atom is -0.484 e. The van der Waals surface area contributed by atoms with Crippen LogP contribution in [0, 0.1) is 11.3 Å². The van der Waals surface area contributed by atoms with Gasteiger partial charge < -0.3 is 10.1 Å². The zero-order valence-electron chi connectivity index (χ0n) is 14.9. The summed E-state index contributed by atoms with van der Waals surface area (Å²) in [5.41, 5.74) is 2.58. The second-order valence-corrected chi connectivity index (χ2v) is 6.51. The van der Waals surface area contributed by atoms with E-state index in [9.17, 15) is 9.59 Å². The predicted octanol–water partition coefficient (Wildman–Crippen LogP) is 3.37. The number of carbonyl (C=O) groups is 2. The SMILES string of the molecule is N#Cc1ccc(-c2ccc(OCC(=O)NC(=O)NC3CCCC3)cc2)cc1. The number of urea groups is 1. The zero-order chi connectivity index (χ0) is 19.1. The molecule has 3 rings (SSSR count). The van der Waals surface area contributed by atoms with Gasteiger partial charge >= 0.3 is 6.03 Å². The molecule has 0 radical (unpaired) electrons. The van der Waals surface area contributed by atoms with E-state index in [2.05, 4.69) is 16.7 Å². The number of hydrogen-bond donors (Lipinski definition) is 2. The first-order chi connectivity index (χ1) is 13.1. The van der Waals surface area contributed by atoms with Gasteiger partial charge in [-0.15, -0.1) is 0 Å². The number of rotatable bonds is 5. The van der Waals surface area contributed by atoms with E-state index in [1.165, 1.54) is 0 Å². The van der Waals surface area contributed by atoms with Gasteiger partial charge in [-0.05, 0) is 48.2 Å². The number of benzene rings is 2. The van der Waals surface area contributed by atoms with E-state index in [1.54, 1.807) is 24.3 Å². The van der Waals surface area contributed by atoms with Gasteiger partial charge in [0.15, 0.2) is 6.61 Å². The molecule has 0 aliphatic heterocycles. The number of amides is 3. The highest BCUT2D eigenvalue weighted by molar-refractivity contribution is 5.95. The van der Waals surface area contributed by atoms with E-state index in [4.69, 9.17) is 10.00 Å². The first kappa shape index (κ1) is 18.5. The minimum absolute atomic E-state index is 0.161. The average molecular weight is 363 g/mol. The summed E-state index contributed by atoms with van der Waals surface area (Å²) in [6.07, 6.45) is 4.15. The van der Waals surface area contributed by atoms with Crippen molar-refractivity contribution < 1.29 is 14.3 Å². The fourth-order valence-electron chi connectivity index (χ4n) is 3.08. The Labute approximate surface area is 158 Å². The van der Waals surface area contributed by atoms with Gasteiger partial charge in [-0.2, -0.15) is 5.26 Å². The Morgan fingerprint density at radius 2 is 1.59 bits per heavy atom. The van der Waals surface area contributed by atoms with Crippen molar-refractivity contribution in [3.63, 3.8) is 0 Å². The van der Waals surface area contributed by atoms with Crippen LogP contribution in [0.1, 0.15) is 31.2 Å². The molecule has 0 saturated heterocycles. The second-order valence-electron chi connectivity index (χ2n) is 6.51. The molecule has 0 heterocycles.